The summed E-state index contributed by atoms with van der Waals surface area (Å²) in [6.45, 7) is 1.58. The van der Waals surface area contributed by atoms with Gasteiger partial charge in [-0.25, -0.2) is 8.42 Å². The van der Waals surface area contributed by atoms with Crippen LogP contribution < -0.4 is 0 Å². The molecule has 2 aromatic rings. The second-order valence-corrected chi connectivity index (χ2v) is 5.81. The number of hydrogen-bond acceptors (Lipinski definition) is 4. The third kappa shape index (κ3) is 1.93. The summed E-state index contributed by atoms with van der Waals surface area (Å²) in [5, 5.41) is 19.3. The van der Waals surface area contributed by atoms with Gasteiger partial charge in [0.05, 0.1) is 4.90 Å². The van der Waals surface area contributed by atoms with Crippen LogP contribution in [0.3, 0.4) is 0 Å². The molecule has 0 aliphatic carbocycles. The third-order valence-electron chi connectivity index (χ3n) is 2.66. The first-order valence-corrected chi connectivity index (χ1v) is 6.74. The van der Waals surface area contributed by atoms with E-state index in [2.05, 4.69) is 0 Å². The molecule has 0 fully saturated rings. The van der Waals surface area contributed by atoms with Gasteiger partial charge in [0.25, 0.3) is 0 Å². The van der Waals surface area contributed by atoms with E-state index in [0.717, 1.165) is 0 Å². The van der Waals surface area contributed by atoms with Crippen LogP contribution in [-0.2, 0) is 9.84 Å². The van der Waals surface area contributed by atoms with Crippen molar-refractivity contribution < 1.29 is 18.6 Å². The summed E-state index contributed by atoms with van der Waals surface area (Å²) in [5.41, 5.74) is 0.416. The zero-order chi connectivity index (χ0) is 13.3. The quantitative estimate of drug-likeness (QED) is 0.816. The van der Waals surface area contributed by atoms with E-state index in [-0.39, 0.29) is 9.79 Å². The number of phenolic OH excluding ortho intramolecular Hbond substituents is 2. The van der Waals surface area contributed by atoms with Crippen molar-refractivity contribution in [2.75, 3.05) is 0 Å². The topological polar surface area (TPSA) is 74.6 Å². The first kappa shape index (κ1) is 12.4. The minimum Gasteiger partial charge on any atom is -0.504 e. The van der Waals surface area contributed by atoms with Crippen molar-refractivity contribution in [2.24, 2.45) is 0 Å². The molecule has 0 radical (unpaired) electrons. The van der Waals surface area contributed by atoms with Crippen LogP contribution in [0, 0.1) is 6.92 Å². The summed E-state index contributed by atoms with van der Waals surface area (Å²) in [6.07, 6.45) is 0. The normalized spacial score (nSPS) is 11.4. The van der Waals surface area contributed by atoms with Crippen LogP contribution in [0.4, 0.5) is 0 Å². The molecule has 0 bridgehead atoms. The lowest BCUT2D eigenvalue weighted by Gasteiger charge is -2.09. The molecular formula is C13H12O4S. The van der Waals surface area contributed by atoms with E-state index in [9.17, 15) is 18.6 Å². The lowest BCUT2D eigenvalue weighted by Crippen LogP contribution is -2.02. The standard InChI is InChI=1S/C13H12O4S/c1-9-7-8-11(13(15)12(9)14)18(16,17)10-5-3-2-4-6-10/h2-8,14-15H,1H3. The van der Waals surface area contributed by atoms with E-state index in [4.69, 9.17) is 0 Å². The molecule has 2 aromatic carbocycles. The predicted molar refractivity (Wildman–Crippen MR) is 66.4 cm³/mol. The number of hydrogen-bond donors (Lipinski definition) is 2. The smallest absolute Gasteiger partial charge is 0.210 e. The Bertz CT molecular complexity index is 676. The molecule has 0 saturated heterocycles. The lowest BCUT2D eigenvalue weighted by molar-refractivity contribution is 0.390. The zero-order valence-corrected chi connectivity index (χ0v) is 10.5. The van der Waals surface area contributed by atoms with Crippen LogP contribution in [0.2, 0.25) is 0 Å². The Hall–Kier alpha value is -2.01. The fourth-order valence-electron chi connectivity index (χ4n) is 1.61. The molecule has 0 aliphatic heterocycles. The SMILES string of the molecule is Cc1ccc(S(=O)(=O)c2ccccc2)c(O)c1O. The molecule has 2 rings (SSSR count). The lowest BCUT2D eigenvalue weighted by atomic mass is 10.2. The number of rotatable bonds is 2. The molecule has 0 heterocycles. The number of aromatic hydroxyl groups is 2. The van der Waals surface area contributed by atoms with Crippen molar-refractivity contribution in [1.29, 1.82) is 0 Å². The molecule has 0 aliphatic rings. The summed E-state index contributed by atoms with van der Waals surface area (Å²) < 4.78 is 24.5. The van der Waals surface area contributed by atoms with Gasteiger partial charge in [-0.05, 0) is 30.7 Å². The molecule has 94 valence electrons. The fourth-order valence-corrected chi connectivity index (χ4v) is 2.97. The van der Waals surface area contributed by atoms with Crippen LogP contribution in [0.15, 0.2) is 52.3 Å². The van der Waals surface area contributed by atoms with Gasteiger partial charge in [-0.2, -0.15) is 0 Å². The Morgan fingerprint density at radius 2 is 1.50 bits per heavy atom. The summed E-state index contributed by atoms with van der Waals surface area (Å²) in [4.78, 5) is -0.222. The maximum atomic E-state index is 12.2. The van der Waals surface area contributed by atoms with Gasteiger partial charge in [-0.3, -0.25) is 0 Å². The van der Waals surface area contributed by atoms with Gasteiger partial charge in [-0.1, -0.05) is 24.3 Å². The Morgan fingerprint density at radius 3 is 2.11 bits per heavy atom. The molecule has 0 amide bonds. The number of sulfone groups is 1. The van der Waals surface area contributed by atoms with E-state index in [1.165, 1.54) is 24.3 Å². The van der Waals surface area contributed by atoms with Crippen molar-refractivity contribution in [2.45, 2.75) is 16.7 Å². The van der Waals surface area contributed by atoms with Gasteiger partial charge >= 0.3 is 0 Å². The van der Waals surface area contributed by atoms with Gasteiger partial charge in [0, 0.05) is 0 Å². The second kappa shape index (κ2) is 4.34. The van der Waals surface area contributed by atoms with Crippen molar-refractivity contribution in [1.82, 2.24) is 0 Å². The van der Waals surface area contributed by atoms with Crippen LogP contribution in [0.5, 0.6) is 11.5 Å². The Kier molecular flexibility index (Phi) is 3.00. The van der Waals surface area contributed by atoms with Gasteiger partial charge in [0.2, 0.25) is 9.84 Å². The predicted octanol–water partition coefficient (Wildman–Crippen LogP) is 2.24. The number of benzene rings is 2. The summed E-state index contributed by atoms with van der Waals surface area (Å²) in [5.74, 6) is -1.02. The molecule has 5 heteroatoms. The van der Waals surface area contributed by atoms with Crippen molar-refractivity contribution in [3.63, 3.8) is 0 Å². The summed E-state index contributed by atoms with van der Waals surface area (Å²) >= 11 is 0. The molecule has 4 nitrogen and oxygen atoms in total. The molecule has 18 heavy (non-hydrogen) atoms. The highest BCUT2D eigenvalue weighted by molar-refractivity contribution is 7.91. The highest BCUT2D eigenvalue weighted by atomic mass is 32.2. The second-order valence-electron chi connectivity index (χ2n) is 3.89. The highest BCUT2D eigenvalue weighted by Gasteiger charge is 2.23. The van der Waals surface area contributed by atoms with Crippen molar-refractivity contribution in [3.8, 4) is 11.5 Å². The zero-order valence-electron chi connectivity index (χ0n) is 9.66. The molecule has 0 unspecified atom stereocenters. The van der Waals surface area contributed by atoms with Crippen molar-refractivity contribution >= 4 is 9.84 Å². The number of aryl methyl sites for hydroxylation is 1. The molecule has 0 spiro atoms. The third-order valence-corrected chi connectivity index (χ3v) is 4.46. The Balaban J connectivity index is 2.67. The first-order chi connectivity index (χ1) is 8.44. The Morgan fingerprint density at radius 1 is 0.889 bits per heavy atom. The average Bonchev–Trinajstić information content (AvgIpc) is 2.37. The first-order valence-electron chi connectivity index (χ1n) is 5.26. The van der Waals surface area contributed by atoms with Crippen LogP contribution >= 0.6 is 0 Å². The minimum atomic E-state index is -3.82. The highest BCUT2D eigenvalue weighted by Crippen LogP contribution is 2.37. The van der Waals surface area contributed by atoms with Crippen LogP contribution in [0.1, 0.15) is 5.56 Å². The van der Waals surface area contributed by atoms with Gasteiger partial charge < -0.3 is 10.2 Å². The molecule has 0 aromatic heterocycles. The van der Waals surface area contributed by atoms with Crippen LogP contribution in [-0.4, -0.2) is 18.6 Å². The number of phenols is 2. The summed E-state index contributed by atoms with van der Waals surface area (Å²) in [6, 6.07) is 10.5. The fraction of sp³-hybridized carbons (Fsp3) is 0.0769. The van der Waals surface area contributed by atoms with Gasteiger partial charge in [-0.15, -0.1) is 0 Å². The Labute approximate surface area is 105 Å². The van der Waals surface area contributed by atoms with E-state index in [1.54, 1.807) is 25.1 Å². The van der Waals surface area contributed by atoms with E-state index in [0.29, 0.717) is 5.56 Å². The maximum Gasteiger partial charge on any atom is 0.210 e. The van der Waals surface area contributed by atoms with Gasteiger partial charge in [0.15, 0.2) is 11.5 Å². The average molecular weight is 264 g/mol. The molecule has 2 N–H and O–H groups in total. The van der Waals surface area contributed by atoms with E-state index >= 15 is 0 Å². The molecular weight excluding hydrogens is 252 g/mol. The van der Waals surface area contributed by atoms with Gasteiger partial charge in [0.1, 0.15) is 4.90 Å². The van der Waals surface area contributed by atoms with E-state index in [1.807, 2.05) is 0 Å². The van der Waals surface area contributed by atoms with Crippen LogP contribution in [0.25, 0.3) is 0 Å². The monoisotopic (exact) mass is 264 g/mol. The van der Waals surface area contributed by atoms with E-state index < -0.39 is 21.3 Å². The van der Waals surface area contributed by atoms with Crippen molar-refractivity contribution in [3.05, 3.63) is 48.0 Å². The summed E-state index contributed by atoms with van der Waals surface area (Å²) in [7, 11) is -3.82. The molecule has 0 atom stereocenters. The maximum absolute atomic E-state index is 12.2. The minimum absolute atomic E-state index is 0.0727. The molecule has 0 saturated carbocycles. The largest absolute Gasteiger partial charge is 0.504 e.